The van der Waals surface area contributed by atoms with Crippen molar-refractivity contribution in [1.29, 1.82) is 0 Å². The summed E-state index contributed by atoms with van der Waals surface area (Å²) in [7, 11) is 0. The van der Waals surface area contributed by atoms with Gasteiger partial charge in [-0.15, -0.1) is 23.2 Å². The Bertz CT molecular complexity index is 606. The van der Waals surface area contributed by atoms with Crippen molar-refractivity contribution >= 4 is 23.2 Å². The molecular formula is C44H88Cl2O3. The maximum Gasteiger partial charge on any atom is 0.160 e. The lowest BCUT2D eigenvalue weighted by atomic mass is 9.90. The van der Waals surface area contributed by atoms with E-state index < -0.39 is 0 Å². The number of alkyl halides is 2. The fraction of sp³-hybridized carbons (Fsp3) is 1.00. The van der Waals surface area contributed by atoms with Crippen molar-refractivity contribution in [3.8, 4) is 0 Å². The van der Waals surface area contributed by atoms with Crippen LogP contribution in [0.15, 0.2) is 0 Å². The molecule has 5 heteroatoms. The lowest BCUT2D eigenvalue weighted by Gasteiger charge is -2.27. The zero-order valence-electron chi connectivity index (χ0n) is 34.4. The van der Waals surface area contributed by atoms with Crippen LogP contribution in [0.4, 0.5) is 0 Å². The van der Waals surface area contributed by atoms with Gasteiger partial charge in [0.05, 0.1) is 0 Å². The molecule has 0 aromatic carbocycles. The van der Waals surface area contributed by atoms with Gasteiger partial charge in [-0.25, -0.2) is 0 Å². The van der Waals surface area contributed by atoms with Gasteiger partial charge in [0.2, 0.25) is 0 Å². The summed E-state index contributed by atoms with van der Waals surface area (Å²) in [5, 5.41) is 0.515. The third kappa shape index (κ3) is 35.3. The van der Waals surface area contributed by atoms with Crippen LogP contribution in [0, 0.1) is 23.7 Å². The van der Waals surface area contributed by atoms with Gasteiger partial charge in [0.1, 0.15) is 0 Å². The molecule has 8 atom stereocenters. The first-order valence-electron chi connectivity index (χ1n) is 21.7. The second-order valence-corrected chi connectivity index (χ2v) is 18.0. The lowest BCUT2D eigenvalue weighted by molar-refractivity contribution is -0.250. The van der Waals surface area contributed by atoms with Crippen molar-refractivity contribution in [2.75, 3.05) is 13.2 Å². The standard InChI is InChI=1S/C44H88Cl2O3/c1-9-11-13-15-17-19-21-23-31-47-43(29-25-27-37(3)33-39(5)35-41(7)45)49-44(48-32-24-22-20-18-16-14-12-10-2)30-26-28-38(4)34-40(6)36-42(8)46/h37-44H,9-36H2,1-8H3. The molecule has 8 unspecified atom stereocenters. The van der Waals surface area contributed by atoms with Crippen molar-refractivity contribution < 1.29 is 14.2 Å². The van der Waals surface area contributed by atoms with E-state index in [0.717, 1.165) is 64.6 Å². The van der Waals surface area contributed by atoms with Gasteiger partial charge < -0.3 is 14.2 Å². The van der Waals surface area contributed by atoms with Gasteiger partial charge in [-0.05, 0) is 102 Å². The quantitative estimate of drug-likeness (QED) is 0.0359. The Morgan fingerprint density at radius 3 is 1.02 bits per heavy atom. The molecule has 0 aromatic heterocycles. The van der Waals surface area contributed by atoms with Crippen LogP contribution in [-0.2, 0) is 14.2 Å². The Morgan fingerprint density at radius 1 is 0.367 bits per heavy atom. The molecule has 296 valence electrons. The first kappa shape index (κ1) is 49.5. The molecule has 3 nitrogen and oxygen atoms in total. The number of hydrogen-bond donors (Lipinski definition) is 0. The van der Waals surface area contributed by atoms with Crippen molar-refractivity contribution in [2.24, 2.45) is 23.7 Å². The maximum atomic E-state index is 6.75. The Kier molecular flexibility index (Phi) is 35.8. The van der Waals surface area contributed by atoms with E-state index in [1.54, 1.807) is 0 Å². The molecule has 0 saturated heterocycles. The van der Waals surface area contributed by atoms with Gasteiger partial charge in [0.25, 0.3) is 0 Å². The molecule has 0 aliphatic carbocycles. The molecule has 0 bridgehead atoms. The van der Waals surface area contributed by atoms with Gasteiger partial charge in [-0.1, -0.05) is 144 Å². The van der Waals surface area contributed by atoms with Gasteiger partial charge in [0.15, 0.2) is 12.6 Å². The molecule has 0 aromatic rings. The van der Waals surface area contributed by atoms with Crippen molar-refractivity contribution in [3.63, 3.8) is 0 Å². The summed E-state index contributed by atoms with van der Waals surface area (Å²) in [4.78, 5) is 0. The molecule has 0 saturated carbocycles. The van der Waals surface area contributed by atoms with E-state index >= 15 is 0 Å². The topological polar surface area (TPSA) is 27.7 Å². The van der Waals surface area contributed by atoms with E-state index in [1.807, 2.05) is 0 Å². The van der Waals surface area contributed by atoms with Crippen molar-refractivity contribution in [3.05, 3.63) is 0 Å². The number of unbranched alkanes of at least 4 members (excludes halogenated alkanes) is 14. The average molecular weight is 736 g/mol. The molecule has 0 amide bonds. The van der Waals surface area contributed by atoms with Crippen LogP contribution in [0.5, 0.6) is 0 Å². The number of ether oxygens (including phenoxy) is 3. The highest BCUT2D eigenvalue weighted by molar-refractivity contribution is 6.20. The molecular weight excluding hydrogens is 647 g/mol. The predicted molar refractivity (Wildman–Crippen MR) is 219 cm³/mol. The zero-order chi connectivity index (χ0) is 36.5. The molecule has 0 N–H and O–H groups in total. The van der Waals surface area contributed by atoms with Crippen LogP contribution in [0.25, 0.3) is 0 Å². The Morgan fingerprint density at radius 2 is 0.694 bits per heavy atom. The first-order valence-corrected chi connectivity index (χ1v) is 22.6. The molecule has 0 aliphatic heterocycles. The van der Waals surface area contributed by atoms with Gasteiger partial charge in [0, 0.05) is 24.0 Å². The predicted octanol–water partition coefficient (Wildman–Crippen LogP) is 15.7. The maximum absolute atomic E-state index is 6.75. The first-order chi connectivity index (χ1) is 23.6. The fourth-order valence-corrected chi connectivity index (χ4v) is 8.24. The zero-order valence-corrected chi connectivity index (χ0v) is 35.9. The normalized spacial score (nSPS) is 17.0. The van der Waals surface area contributed by atoms with Crippen LogP contribution in [0.2, 0.25) is 0 Å². The SMILES string of the molecule is CCCCCCCCCCOC(CCCC(C)CC(C)CC(C)Cl)OC(CCCC(C)CC(C)CC(C)Cl)OCCCCCCCCCC. The highest BCUT2D eigenvalue weighted by Gasteiger charge is 2.20. The summed E-state index contributed by atoms with van der Waals surface area (Å²) in [6.45, 7) is 19.9. The van der Waals surface area contributed by atoms with E-state index in [4.69, 9.17) is 37.4 Å². The molecule has 0 rings (SSSR count). The van der Waals surface area contributed by atoms with Crippen LogP contribution >= 0.6 is 23.2 Å². The summed E-state index contributed by atoms with van der Waals surface area (Å²) >= 11 is 12.6. The second-order valence-electron chi connectivity index (χ2n) is 16.5. The van der Waals surface area contributed by atoms with Crippen LogP contribution in [-0.4, -0.2) is 36.5 Å². The van der Waals surface area contributed by atoms with E-state index in [-0.39, 0.29) is 23.3 Å². The average Bonchev–Trinajstić information content (AvgIpc) is 3.01. The second kappa shape index (κ2) is 35.5. The molecule has 0 radical (unpaired) electrons. The van der Waals surface area contributed by atoms with Crippen molar-refractivity contribution in [2.45, 2.75) is 246 Å². The smallest absolute Gasteiger partial charge is 0.160 e. The molecule has 0 fully saturated rings. The summed E-state index contributed by atoms with van der Waals surface area (Å²) < 4.78 is 19.8. The minimum atomic E-state index is -0.178. The lowest BCUT2D eigenvalue weighted by Crippen LogP contribution is -2.28. The van der Waals surface area contributed by atoms with Crippen LogP contribution in [0.3, 0.4) is 0 Å². The van der Waals surface area contributed by atoms with Gasteiger partial charge in [-0.2, -0.15) is 0 Å². The molecule has 49 heavy (non-hydrogen) atoms. The Labute approximate surface area is 318 Å². The summed E-state index contributed by atoms with van der Waals surface area (Å²) in [5.41, 5.74) is 0. The van der Waals surface area contributed by atoms with E-state index in [9.17, 15) is 0 Å². The minimum absolute atomic E-state index is 0.178. The number of hydrogen-bond acceptors (Lipinski definition) is 3. The van der Waals surface area contributed by atoms with Crippen molar-refractivity contribution in [1.82, 2.24) is 0 Å². The van der Waals surface area contributed by atoms with Gasteiger partial charge in [-0.3, -0.25) is 0 Å². The molecule has 0 aliphatic rings. The number of halogens is 2. The van der Waals surface area contributed by atoms with E-state index in [0.29, 0.717) is 23.7 Å². The third-order valence-electron chi connectivity index (χ3n) is 10.2. The Hall–Kier alpha value is 0.460. The van der Waals surface area contributed by atoms with Crippen LogP contribution in [0.1, 0.15) is 222 Å². The monoisotopic (exact) mass is 735 g/mol. The van der Waals surface area contributed by atoms with E-state index in [2.05, 4.69) is 55.4 Å². The highest BCUT2D eigenvalue weighted by Crippen LogP contribution is 2.26. The molecule has 0 heterocycles. The third-order valence-corrected chi connectivity index (χ3v) is 10.6. The largest absolute Gasteiger partial charge is 0.353 e. The minimum Gasteiger partial charge on any atom is -0.353 e. The summed E-state index contributed by atoms with van der Waals surface area (Å²) in [5.74, 6) is 2.73. The van der Waals surface area contributed by atoms with Gasteiger partial charge >= 0.3 is 0 Å². The highest BCUT2D eigenvalue weighted by atomic mass is 35.5. The summed E-state index contributed by atoms with van der Waals surface area (Å²) in [6, 6.07) is 0. The summed E-state index contributed by atoms with van der Waals surface area (Å²) in [6.07, 6.45) is 31.9. The van der Waals surface area contributed by atoms with E-state index in [1.165, 1.54) is 116 Å². The van der Waals surface area contributed by atoms with Crippen LogP contribution < -0.4 is 0 Å². The fourth-order valence-electron chi connectivity index (χ4n) is 7.63. The molecule has 0 spiro atoms. The Balaban J connectivity index is 5.11. The number of rotatable bonds is 38.